The Balaban J connectivity index is 2.62. The molecule has 1 aromatic carbocycles. The van der Waals surface area contributed by atoms with E-state index in [1.165, 1.54) is 0 Å². The molecule has 19 heavy (non-hydrogen) atoms. The summed E-state index contributed by atoms with van der Waals surface area (Å²) in [6.07, 6.45) is 2.17. The first kappa shape index (κ1) is 17.0. The molecule has 0 unspecified atom stereocenters. The van der Waals surface area contributed by atoms with Gasteiger partial charge in [0.05, 0.1) is 5.56 Å². The van der Waals surface area contributed by atoms with Gasteiger partial charge in [-0.25, -0.2) is 0 Å². The monoisotopic (exact) mass is 409 g/mol. The number of benzene rings is 1. The molecule has 5 heteroatoms. The first-order chi connectivity index (χ1) is 8.85. The number of rotatable bonds is 6. The summed E-state index contributed by atoms with van der Waals surface area (Å²) in [6.45, 7) is 4.96. The Morgan fingerprint density at radius 1 is 1.42 bits per heavy atom. The van der Waals surface area contributed by atoms with Gasteiger partial charge in [0, 0.05) is 21.4 Å². The van der Waals surface area contributed by atoms with Gasteiger partial charge in [0.1, 0.15) is 0 Å². The van der Waals surface area contributed by atoms with E-state index in [4.69, 9.17) is 11.6 Å². The first-order valence-corrected chi connectivity index (χ1v) is 8.44. The Morgan fingerprint density at radius 3 is 2.74 bits per heavy atom. The van der Waals surface area contributed by atoms with Crippen molar-refractivity contribution < 1.29 is 4.79 Å². The van der Waals surface area contributed by atoms with Gasteiger partial charge in [-0.1, -0.05) is 41.4 Å². The molecule has 1 amide bonds. The van der Waals surface area contributed by atoms with Gasteiger partial charge in [-0.3, -0.25) is 4.79 Å². The predicted molar refractivity (Wildman–Crippen MR) is 88.3 cm³/mol. The van der Waals surface area contributed by atoms with Crippen LogP contribution >= 0.6 is 43.5 Å². The van der Waals surface area contributed by atoms with E-state index in [2.05, 4.69) is 51.0 Å². The summed E-state index contributed by atoms with van der Waals surface area (Å²) >= 11 is 12.7. The number of carbonyl (C=O) groups excluding carboxylic acids is 1. The third-order valence-corrected chi connectivity index (χ3v) is 4.38. The van der Waals surface area contributed by atoms with Crippen LogP contribution in [0.3, 0.4) is 0 Å². The largest absolute Gasteiger partial charge is 0.351 e. The van der Waals surface area contributed by atoms with Crippen LogP contribution in [0.15, 0.2) is 22.7 Å². The van der Waals surface area contributed by atoms with Gasteiger partial charge in [0.2, 0.25) is 0 Å². The molecule has 0 aromatic heterocycles. The van der Waals surface area contributed by atoms with Crippen LogP contribution in [0.25, 0.3) is 0 Å². The van der Waals surface area contributed by atoms with Gasteiger partial charge in [-0.2, -0.15) is 0 Å². The Hall–Kier alpha value is -0.0600. The van der Waals surface area contributed by atoms with Crippen molar-refractivity contribution in [3.63, 3.8) is 0 Å². The van der Waals surface area contributed by atoms with Gasteiger partial charge >= 0.3 is 0 Å². The average Bonchev–Trinajstić information content (AvgIpc) is 2.36. The summed E-state index contributed by atoms with van der Waals surface area (Å²) in [6, 6.07) is 5.21. The molecule has 1 N–H and O–H groups in total. The first-order valence-electron chi connectivity index (χ1n) is 6.15. The van der Waals surface area contributed by atoms with Crippen LogP contribution in [-0.2, 0) is 0 Å². The molecule has 1 rings (SSSR count). The second-order valence-corrected chi connectivity index (χ2v) is 7.35. The molecule has 106 valence electrons. The van der Waals surface area contributed by atoms with Crippen LogP contribution in [0.1, 0.15) is 37.0 Å². The third-order valence-electron chi connectivity index (χ3n) is 2.89. The lowest BCUT2D eigenvalue weighted by Crippen LogP contribution is -2.34. The van der Waals surface area contributed by atoms with Crippen molar-refractivity contribution in [2.75, 3.05) is 11.9 Å². The minimum Gasteiger partial charge on any atom is -0.351 e. The van der Waals surface area contributed by atoms with Crippen LogP contribution in [0.4, 0.5) is 0 Å². The fourth-order valence-corrected chi connectivity index (χ4v) is 2.60. The molecular weight excluding hydrogens is 393 g/mol. The van der Waals surface area contributed by atoms with Crippen molar-refractivity contribution in [3.05, 3.63) is 33.3 Å². The Morgan fingerprint density at radius 2 is 2.11 bits per heavy atom. The highest BCUT2D eigenvalue weighted by molar-refractivity contribution is 9.10. The van der Waals surface area contributed by atoms with Gasteiger partial charge < -0.3 is 5.32 Å². The number of hydrogen-bond donors (Lipinski definition) is 1. The minimum atomic E-state index is -0.0960. The van der Waals surface area contributed by atoms with Gasteiger partial charge in [-0.15, -0.1) is 0 Å². The molecule has 0 saturated carbocycles. The molecule has 0 fully saturated rings. The normalized spacial score (nSPS) is 11.4. The number of hydrogen-bond acceptors (Lipinski definition) is 1. The second kappa shape index (κ2) is 7.65. The van der Waals surface area contributed by atoms with E-state index in [1.807, 2.05) is 0 Å². The summed E-state index contributed by atoms with van der Waals surface area (Å²) in [4.78, 5) is 12.1. The molecule has 0 spiro atoms. The van der Waals surface area contributed by atoms with E-state index in [9.17, 15) is 4.79 Å². The fraction of sp³-hybridized carbons (Fsp3) is 0.500. The van der Waals surface area contributed by atoms with E-state index in [0.29, 0.717) is 17.1 Å². The average molecular weight is 412 g/mol. The summed E-state index contributed by atoms with van der Waals surface area (Å²) in [5, 5.41) is 4.53. The SMILES string of the molecule is CC(C)(CCCBr)CNC(=O)c1cc(Cl)ccc1Br. The molecular formula is C14H18Br2ClNO. The highest BCUT2D eigenvalue weighted by Gasteiger charge is 2.19. The Kier molecular flexibility index (Phi) is 6.84. The van der Waals surface area contributed by atoms with Crippen molar-refractivity contribution in [2.45, 2.75) is 26.7 Å². The van der Waals surface area contributed by atoms with Gasteiger partial charge in [-0.05, 0) is 52.4 Å². The third kappa shape index (κ3) is 5.84. The van der Waals surface area contributed by atoms with Crippen molar-refractivity contribution in [1.29, 1.82) is 0 Å². The molecule has 0 aliphatic carbocycles. The van der Waals surface area contributed by atoms with Crippen molar-refractivity contribution >= 4 is 49.4 Å². The van der Waals surface area contributed by atoms with Gasteiger partial charge in [0.25, 0.3) is 5.91 Å². The molecule has 0 saturated heterocycles. The fourth-order valence-electron chi connectivity index (χ4n) is 1.72. The summed E-state index contributed by atoms with van der Waals surface area (Å²) < 4.78 is 0.757. The maximum absolute atomic E-state index is 12.1. The molecule has 0 atom stereocenters. The maximum Gasteiger partial charge on any atom is 0.252 e. The summed E-state index contributed by atoms with van der Waals surface area (Å²) in [5.74, 6) is -0.0960. The maximum atomic E-state index is 12.1. The number of halogens is 3. The lowest BCUT2D eigenvalue weighted by Gasteiger charge is -2.24. The Labute approximate surface area is 136 Å². The minimum absolute atomic E-state index is 0.0917. The molecule has 0 bridgehead atoms. The van der Waals surface area contributed by atoms with Crippen molar-refractivity contribution in [1.82, 2.24) is 5.32 Å². The molecule has 1 aromatic rings. The highest BCUT2D eigenvalue weighted by atomic mass is 79.9. The van der Waals surface area contributed by atoms with Crippen LogP contribution < -0.4 is 5.32 Å². The van der Waals surface area contributed by atoms with Crippen molar-refractivity contribution in [3.8, 4) is 0 Å². The van der Waals surface area contributed by atoms with E-state index in [1.54, 1.807) is 18.2 Å². The standard InChI is InChI=1S/C14H18Br2ClNO/c1-14(2,6-3-7-15)9-18-13(19)11-8-10(17)4-5-12(11)16/h4-5,8H,3,6-7,9H2,1-2H3,(H,18,19). The quantitative estimate of drug-likeness (QED) is 0.654. The second-order valence-electron chi connectivity index (χ2n) is 5.26. The van der Waals surface area contributed by atoms with Crippen LogP contribution in [0.5, 0.6) is 0 Å². The molecule has 2 nitrogen and oxygen atoms in total. The number of carbonyl (C=O) groups is 1. The van der Waals surface area contributed by atoms with Crippen LogP contribution in [0.2, 0.25) is 5.02 Å². The Bertz CT molecular complexity index is 449. The van der Waals surface area contributed by atoms with E-state index in [0.717, 1.165) is 22.6 Å². The lowest BCUT2D eigenvalue weighted by molar-refractivity contribution is 0.0934. The molecule has 0 heterocycles. The van der Waals surface area contributed by atoms with Crippen molar-refractivity contribution in [2.24, 2.45) is 5.41 Å². The lowest BCUT2D eigenvalue weighted by atomic mass is 9.88. The summed E-state index contributed by atoms with van der Waals surface area (Å²) in [7, 11) is 0. The molecule has 0 radical (unpaired) electrons. The molecule has 0 aliphatic rings. The zero-order valence-electron chi connectivity index (χ0n) is 11.1. The van der Waals surface area contributed by atoms with E-state index in [-0.39, 0.29) is 11.3 Å². The molecule has 0 aliphatic heterocycles. The van der Waals surface area contributed by atoms with E-state index >= 15 is 0 Å². The topological polar surface area (TPSA) is 29.1 Å². The number of nitrogens with one attached hydrogen (secondary N) is 1. The van der Waals surface area contributed by atoms with Crippen LogP contribution in [-0.4, -0.2) is 17.8 Å². The zero-order valence-corrected chi connectivity index (χ0v) is 15.0. The number of amides is 1. The highest BCUT2D eigenvalue weighted by Crippen LogP contribution is 2.23. The number of alkyl halides is 1. The van der Waals surface area contributed by atoms with E-state index < -0.39 is 0 Å². The van der Waals surface area contributed by atoms with Crippen LogP contribution in [0, 0.1) is 5.41 Å². The smallest absolute Gasteiger partial charge is 0.252 e. The predicted octanol–water partition coefficient (Wildman–Crippen LogP) is 5.03. The van der Waals surface area contributed by atoms with Gasteiger partial charge in [0.15, 0.2) is 0 Å². The zero-order chi connectivity index (χ0) is 14.5. The summed E-state index contributed by atoms with van der Waals surface area (Å²) in [5.41, 5.74) is 0.665.